The highest BCUT2D eigenvalue weighted by Crippen LogP contribution is 2.30. The molecule has 0 amide bonds. The molecule has 8 heteroatoms. The molecule has 1 aliphatic rings. The lowest BCUT2D eigenvalue weighted by Crippen LogP contribution is -2.37. The summed E-state index contributed by atoms with van der Waals surface area (Å²) in [4.78, 5) is 0. The van der Waals surface area contributed by atoms with Crippen molar-refractivity contribution in [2.45, 2.75) is 37.8 Å². The molecule has 136 valence electrons. The van der Waals surface area contributed by atoms with E-state index in [0.29, 0.717) is 24.8 Å². The van der Waals surface area contributed by atoms with Gasteiger partial charge in [-0.25, -0.2) is 12.7 Å². The smallest absolute Gasteiger partial charge is 0.389 e. The highest BCUT2D eigenvalue weighted by Gasteiger charge is 2.26. The molecule has 4 nitrogen and oxygen atoms in total. The maximum Gasteiger partial charge on any atom is 0.389 e. The molecule has 0 saturated carbocycles. The summed E-state index contributed by atoms with van der Waals surface area (Å²) < 4.78 is 65.9. The predicted molar refractivity (Wildman–Crippen MR) is 85.6 cm³/mol. The van der Waals surface area contributed by atoms with Gasteiger partial charge >= 0.3 is 6.18 Å². The lowest BCUT2D eigenvalue weighted by molar-refractivity contribution is -0.136. The first-order valence-electron chi connectivity index (χ1n) is 7.90. The van der Waals surface area contributed by atoms with Gasteiger partial charge in [0.05, 0.1) is 12.9 Å². The second-order valence-corrected chi connectivity index (χ2v) is 8.05. The van der Waals surface area contributed by atoms with Gasteiger partial charge in [0.15, 0.2) is 0 Å². The van der Waals surface area contributed by atoms with Crippen LogP contribution in [0.15, 0.2) is 24.3 Å². The lowest BCUT2D eigenvalue weighted by atomic mass is 9.90. The summed E-state index contributed by atoms with van der Waals surface area (Å²) in [6.45, 7) is 1.06. The minimum absolute atomic E-state index is 0.0333. The van der Waals surface area contributed by atoms with Crippen molar-refractivity contribution in [3.63, 3.8) is 0 Å². The summed E-state index contributed by atoms with van der Waals surface area (Å²) in [5, 5.41) is 0. The SMILES string of the molecule is CS(=O)(=O)N1CCC(c2ccc(OCCCC(F)(F)F)cc2)CC1. The van der Waals surface area contributed by atoms with E-state index in [1.807, 2.05) is 12.1 Å². The van der Waals surface area contributed by atoms with Crippen LogP contribution >= 0.6 is 0 Å². The molecular formula is C16H22F3NO3S. The number of hydrogen-bond donors (Lipinski definition) is 0. The number of nitrogens with zero attached hydrogens (tertiary/aromatic N) is 1. The Bertz CT molecular complexity index is 621. The van der Waals surface area contributed by atoms with Gasteiger partial charge in [-0.15, -0.1) is 0 Å². The van der Waals surface area contributed by atoms with Crippen molar-refractivity contribution >= 4 is 10.0 Å². The van der Waals surface area contributed by atoms with Crippen LogP contribution in [0.25, 0.3) is 0 Å². The van der Waals surface area contributed by atoms with Gasteiger partial charge in [-0.3, -0.25) is 0 Å². The molecule has 0 N–H and O–H groups in total. The molecule has 1 aromatic rings. The van der Waals surface area contributed by atoms with Crippen molar-refractivity contribution in [1.29, 1.82) is 0 Å². The highest BCUT2D eigenvalue weighted by molar-refractivity contribution is 7.88. The molecular weight excluding hydrogens is 343 g/mol. The molecule has 0 atom stereocenters. The Balaban J connectivity index is 1.80. The van der Waals surface area contributed by atoms with E-state index in [4.69, 9.17) is 4.74 Å². The van der Waals surface area contributed by atoms with E-state index in [1.54, 1.807) is 12.1 Å². The molecule has 0 unspecified atom stereocenters. The van der Waals surface area contributed by atoms with Crippen molar-refractivity contribution in [2.24, 2.45) is 0 Å². The van der Waals surface area contributed by atoms with Crippen LogP contribution in [-0.2, 0) is 10.0 Å². The van der Waals surface area contributed by atoms with Crippen molar-refractivity contribution in [3.05, 3.63) is 29.8 Å². The van der Waals surface area contributed by atoms with Crippen molar-refractivity contribution < 1.29 is 26.3 Å². The number of rotatable bonds is 6. The summed E-state index contributed by atoms with van der Waals surface area (Å²) in [6.07, 6.45) is -2.30. The fourth-order valence-corrected chi connectivity index (χ4v) is 3.69. The second-order valence-electron chi connectivity index (χ2n) is 6.07. The third-order valence-corrected chi connectivity index (χ3v) is 5.45. The standard InChI is InChI=1S/C16H22F3NO3S/c1-24(21,22)20-10-7-14(8-11-20)13-3-5-15(6-4-13)23-12-2-9-16(17,18)19/h3-6,14H,2,7-12H2,1H3. The van der Waals surface area contributed by atoms with Crippen LogP contribution in [0.2, 0.25) is 0 Å². The van der Waals surface area contributed by atoms with E-state index in [-0.39, 0.29) is 13.0 Å². The quantitative estimate of drug-likeness (QED) is 0.725. The Morgan fingerprint density at radius 3 is 2.25 bits per heavy atom. The van der Waals surface area contributed by atoms with Gasteiger partial charge in [-0.2, -0.15) is 13.2 Å². The normalized spacial score (nSPS) is 17.8. The topological polar surface area (TPSA) is 46.6 Å². The zero-order chi connectivity index (χ0) is 17.8. The monoisotopic (exact) mass is 365 g/mol. The van der Waals surface area contributed by atoms with Gasteiger partial charge in [0, 0.05) is 19.5 Å². The fourth-order valence-electron chi connectivity index (χ4n) is 2.82. The van der Waals surface area contributed by atoms with Crippen LogP contribution in [0.3, 0.4) is 0 Å². The predicted octanol–water partition coefficient (Wildman–Crippen LogP) is 3.55. The second kappa shape index (κ2) is 7.74. The van der Waals surface area contributed by atoms with Crippen LogP contribution in [0, 0.1) is 0 Å². The Morgan fingerprint density at radius 2 is 1.75 bits per heavy atom. The van der Waals surface area contributed by atoms with Crippen molar-refractivity contribution in [3.8, 4) is 5.75 Å². The van der Waals surface area contributed by atoms with Crippen molar-refractivity contribution in [2.75, 3.05) is 26.0 Å². The number of hydrogen-bond acceptors (Lipinski definition) is 3. The molecule has 0 spiro atoms. The van der Waals surface area contributed by atoms with E-state index in [9.17, 15) is 21.6 Å². The zero-order valence-corrected chi connectivity index (χ0v) is 14.4. The Kier molecular flexibility index (Phi) is 6.14. The highest BCUT2D eigenvalue weighted by atomic mass is 32.2. The molecule has 0 aromatic heterocycles. The fraction of sp³-hybridized carbons (Fsp3) is 0.625. The van der Waals surface area contributed by atoms with Gasteiger partial charge in [-0.05, 0) is 42.9 Å². The molecule has 0 radical (unpaired) electrons. The first-order chi connectivity index (χ1) is 11.1. The lowest BCUT2D eigenvalue weighted by Gasteiger charge is -2.30. The molecule has 1 aromatic carbocycles. The van der Waals surface area contributed by atoms with Gasteiger partial charge in [0.1, 0.15) is 5.75 Å². The van der Waals surface area contributed by atoms with E-state index in [0.717, 1.165) is 18.4 Å². The van der Waals surface area contributed by atoms with Gasteiger partial charge < -0.3 is 4.74 Å². The van der Waals surface area contributed by atoms with E-state index in [2.05, 4.69) is 0 Å². The number of benzene rings is 1. The maximum atomic E-state index is 12.0. The molecule has 24 heavy (non-hydrogen) atoms. The molecule has 1 aliphatic heterocycles. The summed E-state index contributed by atoms with van der Waals surface area (Å²) in [6, 6.07) is 7.32. The largest absolute Gasteiger partial charge is 0.494 e. The molecule has 0 bridgehead atoms. The Hall–Kier alpha value is -1.28. The maximum absolute atomic E-state index is 12.0. The van der Waals surface area contributed by atoms with E-state index in [1.165, 1.54) is 10.6 Å². The number of piperidine rings is 1. The number of sulfonamides is 1. The summed E-state index contributed by atoms with van der Waals surface area (Å²) in [5.41, 5.74) is 1.10. The van der Waals surface area contributed by atoms with Gasteiger partial charge in [0.2, 0.25) is 10.0 Å². The van der Waals surface area contributed by atoms with Gasteiger partial charge in [-0.1, -0.05) is 12.1 Å². The van der Waals surface area contributed by atoms with Crippen LogP contribution in [0.1, 0.15) is 37.2 Å². The minimum Gasteiger partial charge on any atom is -0.494 e. The molecule has 0 aliphatic carbocycles. The Morgan fingerprint density at radius 1 is 1.17 bits per heavy atom. The zero-order valence-electron chi connectivity index (χ0n) is 13.6. The average molecular weight is 365 g/mol. The first kappa shape index (κ1) is 19.1. The number of halogens is 3. The summed E-state index contributed by atoms with van der Waals surface area (Å²) in [5.74, 6) is 0.844. The third kappa shape index (κ3) is 5.98. The first-order valence-corrected chi connectivity index (χ1v) is 9.74. The van der Waals surface area contributed by atoms with Crippen LogP contribution in [0.5, 0.6) is 5.75 Å². The van der Waals surface area contributed by atoms with Crippen LogP contribution in [0.4, 0.5) is 13.2 Å². The third-order valence-electron chi connectivity index (χ3n) is 4.15. The molecule has 1 heterocycles. The summed E-state index contributed by atoms with van der Waals surface area (Å²) in [7, 11) is -3.13. The molecule has 1 fully saturated rings. The van der Waals surface area contributed by atoms with Crippen molar-refractivity contribution in [1.82, 2.24) is 4.31 Å². The van der Waals surface area contributed by atoms with Crippen LogP contribution < -0.4 is 4.74 Å². The molecule has 1 saturated heterocycles. The van der Waals surface area contributed by atoms with Gasteiger partial charge in [0.25, 0.3) is 0 Å². The van der Waals surface area contributed by atoms with Crippen LogP contribution in [-0.4, -0.2) is 44.9 Å². The number of ether oxygens (including phenoxy) is 1. The Labute approximate surface area is 140 Å². The minimum atomic E-state index is -4.14. The van der Waals surface area contributed by atoms with E-state index < -0.39 is 22.6 Å². The summed E-state index contributed by atoms with van der Waals surface area (Å²) >= 11 is 0. The number of alkyl halides is 3. The molecule has 2 rings (SSSR count). The van der Waals surface area contributed by atoms with E-state index >= 15 is 0 Å². The average Bonchev–Trinajstić information content (AvgIpc) is 2.51.